The van der Waals surface area contributed by atoms with Crippen LogP contribution in [-0.4, -0.2) is 31.8 Å². The molecule has 0 fully saturated rings. The molecule has 0 aromatic heterocycles. The third kappa shape index (κ3) is 3.20. The van der Waals surface area contributed by atoms with E-state index in [1.807, 2.05) is 38.1 Å². The Labute approximate surface area is 102 Å². The Morgan fingerprint density at radius 2 is 2.12 bits per heavy atom. The van der Waals surface area contributed by atoms with E-state index in [1.54, 1.807) is 13.0 Å². The number of nitrogens with zero attached hydrogens (tertiary/aromatic N) is 1. The van der Waals surface area contributed by atoms with Crippen molar-refractivity contribution in [3.8, 4) is 0 Å². The standard InChI is InChI=1S/C13H19NO3/c1-5-17-13(16)12(15)10-7-6-9(2)8-11(10)14(3)4/h6-8,12,15H,5H2,1-4H3. The predicted octanol–water partition coefficient (Wildman–Crippen LogP) is 1.66. The van der Waals surface area contributed by atoms with E-state index in [0.29, 0.717) is 5.56 Å². The molecule has 1 rings (SSSR count). The minimum atomic E-state index is -1.23. The Kier molecular flexibility index (Phi) is 4.52. The lowest BCUT2D eigenvalue weighted by atomic mass is 10.0. The fraction of sp³-hybridized carbons (Fsp3) is 0.462. The second-order valence-electron chi connectivity index (χ2n) is 4.11. The summed E-state index contributed by atoms with van der Waals surface area (Å²) in [6, 6.07) is 5.55. The first-order valence-corrected chi connectivity index (χ1v) is 5.60. The van der Waals surface area contributed by atoms with Gasteiger partial charge in [0.05, 0.1) is 6.61 Å². The summed E-state index contributed by atoms with van der Waals surface area (Å²) in [5.74, 6) is -0.612. The van der Waals surface area contributed by atoms with Crippen molar-refractivity contribution in [1.82, 2.24) is 0 Å². The van der Waals surface area contributed by atoms with Gasteiger partial charge in [0.25, 0.3) is 0 Å². The third-order valence-corrected chi connectivity index (χ3v) is 2.47. The normalized spacial score (nSPS) is 12.1. The minimum Gasteiger partial charge on any atom is -0.464 e. The maximum Gasteiger partial charge on any atom is 0.339 e. The molecule has 0 saturated carbocycles. The number of aryl methyl sites for hydroxylation is 1. The largest absolute Gasteiger partial charge is 0.464 e. The van der Waals surface area contributed by atoms with Crippen molar-refractivity contribution in [3.63, 3.8) is 0 Å². The summed E-state index contributed by atoms with van der Waals surface area (Å²) in [5, 5.41) is 9.94. The molecule has 1 atom stereocenters. The van der Waals surface area contributed by atoms with Crippen LogP contribution in [0.1, 0.15) is 24.2 Å². The maximum atomic E-state index is 11.5. The molecule has 4 nitrogen and oxygen atoms in total. The van der Waals surface area contributed by atoms with Crippen LogP contribution in [0.3, 0.4) is 0 Å². The Morgan fingerprint density at radius 1 is 1.47 bits per heavy atom. The van der Waals surface area contributed by atoms with Crippen LogP contribution in [-0.2, 0) is 9.53 Å². The highest BCUT2D eigenvalue weighted by molar-refractivity contribution is 5.79. The zero-order valence-electron chi connectivity index (χ0n) is 10.7. The second-order valence-corrected chi connectivity index (χ2v) is 4.11. The minimum absolute atomic E-state index is 0.263. The number of rotatable bonds is 4. The zero-order valence-corrected chi connectivity index (χ0v) is 10.7. The van der Waals surface area contributed by atoms with Crippen molar-refractivity contribution < 1.29 is 14.6 Å². The number of aliphatic hydroxyl groups excluding tert-OH is 1. The van der Waals surface area contributed by atoms with Crippen molar-refractivity contribution in [2.75, 3.05) is 25.6 Å². The van der Waals surface area contributed by atoms with Gasteiger partial charge in [0, 0.05) is 25.3 Å². The number of benzene rings is 1. The van der Waals surface area contributed by atoms with E-state index in [1.165, 1.54) is 0 Å². The molecule has 1 aromatic rings. The lowest BCUT2D eigenvalue weighted by Gasteiger charge is -2.20. The highest BCUT2D eigenvalue weighted by Crippen LogP contribution is 2.27. The van der Waals surface area contributed by atoms with Gasteiger partial charge in [0.1, 0.15) is 0 Å². The SMILES string of the molecule is CCOC(=O)C(O)c1ccc(C)cc1N(C)C. The lowest BCUT2D eigenvalue weighted by molar-refractivity contribution is -0.153. The third-order valence-electron chi connectivity index (χ3n) is 2.47. The molecule has 0 radical (unpaired) electrons. The van der Waals surface area contributed by atoms with Crippen molar-refractivity contribution in [1.29, 1.82) is 0 Å². The maximum absolute atomic E-state index is 11.5. The van der Waals surface area contributed by atoms with Crippen LogP contribution in [0.15, 0.2) is 18.2 Å². The number of aliphatic hydroxyl groups is 1. The molecular formula is C13H19NO3. The molecule has 1 unspecified atom stereocenters. The Balaban J connectivity index is 3.08. The number of anilines is 1. The van der Waals surface area contributed by atoms with E-state index >= 15 is 0 Å². The lowest BCUT2D eigenvalue weighted by Crippen LogP contribution is -2.19. The van der Waals surface area contributed by atoms with Crippen molar-refractivity contribution in [2.24, 2.45) is 0 Å². The highest BCUT2D eigenvalue weighted by Gasteiger charge is 2.22. The summed E-state index contributed by atoms with van der Waals surface area (Å²) in [4.78, 5) is 13.4. The van der Waals surface area contributed by atoms with Gasteiger partial charge < -0.3 is 14.7 Å². The first-order valence-electron chi connectivity index (χ1n) is 5.60. The van der Waals surface area contributed by atoms with Crippen LogP contribution in [0.5, 0.6) is 0 Å². The predicted molar refractivity (Wildman–Crippen MR) is 67.1 cm³/mol. The summed E-state index contributed by atoms with van der Waals surface area (Å²) < 4.78 is 4.82. The molecule has 0 saturated heterocycles. The molecular weight excluding hydrogens is 218 g/mol. The van der Waals surface area contributed by atoms with Crippen LogP contribution in [0.2, 0.25) is 0 Å². The molecule has 1 aromatic carbocycles. The second kappa shape index (κ2) is 5.68. The quantitative estimate of drug-likeness (QED) is 0.809. The smallest absolute Gasteiger partial charge is 0.339 e. The number of hydrogen-bond acceptors (Lipinski definition) is 4. The summed E-state index contributed by atoms with van der Waals surface area (Å²) in [5.41, 5.74) is 2.47. The van der Waals surface area contributed by atoms with Crippen LogP contribution in [0.25, 0.3) is 0 Å². The van der Waals surface area contributed by atoms with Gasteiger partial charge in [-0.05, 0) is 25.5 Å². The fourth-order valence-corrected chi connectivity index (χ4v) is 1.62. The number of hydrogen-bond donors (Lipinski definition) is 1. The molecule has 0 heterocycles. The van der Waals surface area contributed by atoms with Gasteiger partial charge in [0.15, 0.2) is 6.10 Å². The molecule has 0 aliphatic rings. The molecule has 94 valence electrons. The van der Waals surface area contributed by atoms with Gasteiger partial charge >= 0.3 is 5.97 Å². The summed E-state index contributed by atoms with van der Waals surface area (Å²) in [7, 11) is 3.74. The van der Waals surface area contributed by atoms with E-state index in [2.05, 4.69) is 0 Å². The fourth-order valence-electron chi connectivity index (χ4n) is 1.62. The summed E-state index contributed by atoms with van der Waals surface area (Å²) >= 11 is 0. The van der Waals surface area contributed by atoms with Crippen LogP contribution < -0.4 is 4.90 Å². The molecule has 17 heavy (non-hydrogen) atoms. The molecule has 0 amide bonds. The Morgan fingerprint density at radius 3 is 2.65 bits per heavy atom. The molecule has 0 spiro atoms. The van der Waals surface area contributed by atoms with Gasteiger partial charge in [-0.1, -0.05) is 12.1 Å². The molecule has 1 N–H and O–H groups in total. The summed E-state index contributed by atoms with van der Waals surface area (Å²) in [6.07, 6.45) is -1.23. The van der Waals surface area contributed by atoms with E-state index in [4.69, 9.17) is 4.74 Å². The first-order chi connectivity index (χ1) is 7.97. The first kappa shape index (κ1) is 13.5. The van der Waals surface area contributed by atoms with Gasteiger partial charge in [-0.3, -0.25) is 0 Å². The van der Waals surface area contributed by atoms with Crippen LogP contribution in [0.4, 0.5) is 5.69 Å². The average Bonchev–Trinajstić information content (AvgIpc) is 2.28. The van der Waals surface area contributed by atoms with Crippen molar-refractivity contribution in [2.45, 2.75) is 20.0 Å². The highest BCUT2D eigenvalue weighted by atomic mass is 16.5. The van der Waals surface area contributed by atoms with E-state index < -0.39 is 12.1 Å². The van der Waals surface area contributed by atoms with Gasteiger partial charge in [-0.15, -0.1) is 0 Å². The number of esters is 1. The molecule has 0 aliphatic heterocycles. The summed E-state index contributed by atoms with van der Waals surface area (Å²) in [6.45, 7) is 3.94. The number of carbonyl (C=O) groups excluding carboxylic acids is 1. The van der Waals surface area contributed by atoms with Gasteiger partial charge in [0.2, 0.25) is 0 Å². The molecule has 0 aliphatic carbocycles. The van der Waals surface area contributed by atoms with E-state index in [-0.39, 0.29) is 6.61 Å². The number of ether oxygens (including phenoxy) is 1. The number of carbonyl (C=O) groups is 1. The average molecular weight is 237 g/mol. The molecule has 0 bridgehead atoms. The van der Waals surface area contributed by atoms with Crippen LogP contribution >= 0.6 is 0 Å². The van der Waals surface area contributed by atoms with Crippen LogP contribution in [0, 0.1) is 6.92 Å². The van der Waals surface area contributed by atoms with Gasteiger partial charge in [-0.25, -0.2) is 4.79 Å². The van der Waals surface area contributed by atoms with Gasteiger partial charge in [-0.2, -0.15) is 0 Å². The Hall–Kier alpha value is -1.55. The zero-order chi connectivity index (χ0) is 13.0. The van der Waals surface area contributed by atoms with E-state index in [9.17, 15) is 9.90 Å². The molecule has 4 heteroatoms. The van der Waals surface area contributed by atoms with E-state index in [0.717, 1.165) is 11.3 Å². The van der Waals surface area contributed by atoms with Crippen molar-refractivity contribution in [3.05, 3.63) is 29.3 Å². The monoisotopic (exact) mass is 237 g/mol. The Bertz CT molecular complexity index is 402. The topological polar surface area (TPSA) is 49.8 Å². The van der Waals surface area contributed by atoms with Crippen molar-refractivity contribution >= 4 is 11.7 Å².